The molecule has 0 spiro atoms. The van der Waals surface area contributed by atoms with Gasteiger partial charge in [0.05, 0.1) is 12.0 Å². The molecule has 0 radical (unpaired) electrons. The first-order chi connectivity index (χ1) is 13.2. The number of aryl methyl sites for hydroxylation is 1. The lowest BCUT2D eigenvalue weighted by atomic mass is 9.80. The highest BCUT2D eigenvalue weighted by atomic mass is 32.2. The summed E-state index contributed by atoms with van der Waals surface area (Å²) in [5, 5.41) is -1.21. The Kier molecular flexibility index (Phi) is 4.19. The van der Waals surface area contributed by atoms with Gasteiger partial charge >= 0.3 is 0 Å². The first kappa shape index (κ1) is 18.8. The van der Waals surface area contributed by atoms with E-state index in [0.717, 1.165) is 5.56 Å². The molecule has 2 aliphatic rings. The molecule has 2 aliphatic heterocycles. The summed E-state index contributed by atoms with van der Waals surface area (Å²) in [6.07, 6.45) is 0.394. The Morgan fingerprint density at radius 2 is 1.86 bits per heavy atom. The van der Waals surface area contributed by atoms with Crippen molar-refractivity contribution in [3.05, 3.63) is 53.6 Å². The third kappa shape index (κ3) is 2.68. The molecule has 3 unspecified atom stereocenters. The van der Waals surface area contributed by atoms with Crippen molar-refractivity contribution in [1.82, 2.24) is 4.90 Å². The molecule has 4 rings (SSSR count). The van der Waals surface area contributed by atoms with Crippen molar-refractivity contribution in [3.8, 4) is 11.5 Å². The number of hydrogen-bond donors (Lipinski definition) is 0. The van der Waals surface area contributed by atoms with Crippen LogP contribution in [0.4, 0.5) is 0 Å². The molecule has 3 atom stereocenters. The van der Waals surface area contributed by atoms with Gasteiger partial charge in [-0.05, 0) is 44.2 Å². The molecule has 6 nitrogen and oxygen atoms in total. The predicted octanol–water partition coefficient (Wildman–Crippen LogP) is 2.90. The largest absolute Gasteiger partial charge is 0.497 e. The maximum atomic E-state index is 13.5. The Morgan fingerprint density at radius 3 is 2.50 bits per heavy atom. The Morgan fingerprint density at radius 1 is 1.18 bits per heavy atom. The van der Waals surface area contributed by atoms with Crippen LogP contribution in [-0.4, -0.2) is 44.4 Å². The number of fused-ring (bicyclic) bond motifs is 4. The van der Waals surface area contributed by atoms with Crippen LogP contribution in [0, 0.1) is 6.92 Å². The summed E-state index contributed by atoms with van der Waals surface area (Å²) >= 11 is 0. The molecule has 1 saturated heterocycles. The van der Waals surface area contributed by atoms with Crippen LogP contribution in [0.15, 0.2) is 47.4 Å². The molecule has 2 aromatic carbocycles. The predicted molar refractivity (Wildman–Crippen MR) is 104 cm³/mol. The molecule has 1 amide bonds. The van der Waals surface area contributed by atoms with Crippen LogP contribution < -0.4 is 9.47 Å². The van der Waals surface area contributed by atoms with Gasteiger partial charge < -0.3 is 14.4 Å². The van der Waals surface area contributed by atoms with Gasteiger partial charge in [-0.2, -0.15) is 0 Å². The number of piperidine rings is 1. The maximum Gasteiger partial charge on any atom is 0.244 e. The molecule has 0 aliphatic carbocycles. The Balaban J connectivity index is 1.89. The van der Waals surface area contributed by atoms with Gasteiger partial charge in [-0.3, -0.25) is 4.79 Å². The Bertz CT molecular complexity index is 1050. The first-order valence-corrected chi connectivity index (χ1v) is 10.7. The van der Waals surface area contributed by atoms with Crippen molar-refractivity contribution in [3.63, 3.8) is 0 Å². The third-order valence-corrected chi connectivity index (χ3v) is 8.01. The van der Waals surface area contributed by atoms with Gasteiger partial charge in [-0.15, -0.1) is 0 Å². The van der Waals surface area contributed by atoms with Crippen LogP contribution in [-0.2, 0) is 14.6 Å². The zero-order valence-corrected chi connectivity index (χ0v) is 17.1. The van der Waals surface area contributed by atoms with Crippen molar-refractivity contribution >= 4 is 15.7 Å². The summed E-state index contributed by atoms with van der Waals surface area (Å²) in [7, 11) is -0.735. The molecule has 0 aromatic heterocycles. The highest BCUT2D eigenvalue weighted by Gasteiger charge is 2.57. The fourth-order valence-corrected chi connectivity index (χ4v) is 6.04. The number of carbonyl (C=O) groups is 1. The molecule has 2 aromatic rings. The van der Waals surface area contributed by atoms with Crippen LogP contribution in [0.25, 0.3) is 0 Å². The maximum absolute atomic E-state index is 13.5. The van der Waals surface area contributed by atoms with E-state index in [4.69, 9.17) is 9.47 Å². The number of rotatable bonds is 3. The molecule has 28 heavy (non-hydrogen) atoms. The molecule has 2 bridgehead atoms. The smallest absolute Gasteiger partial charge is 0.244 e. The summed E-state index contributed by atoms with van der Waals surface area (Å²) in [6.45, 7) is 3.71. The second kappa shape index (κ2) is 6.24. The monoisotopic (exact) mass is 401 g/mol. The van der Waals surface area contributed by atoms with Gasteiger partial charge in [-0.1, -0.05) is 17.7 Å². The van der Waals surface area contributed by atoms with Crippen LogP contribution in [0.3, 0.4) is 0 Å². The molecule has 0 saturated carbocycles. The Labute approximate surface area is 165 Å². The van der Waals surface area contributed by atoms with Gasteiger partial charge in [0.2, 0.25) is 5.91 Å². The standard InChI is InChI=1S/C21H23NO5S/c1-13-5-8-15(9-6-13)28(24,25)19-17-12-21(2,22(3)20(19)23)27-18-10-7-14(26-4)11-16(17)18/h5-11,17,19H,12H2,1-4H3. The van der Waals surface area contributed by atoms with Crippen molar-refractivity contribution < 1.29 is 22.7 Å². The molecular formula is C21H23NO5S. The van der Waals surface area contributed by atoms with Crippen LogP contribution >= 0.6 is 0 Å². The Hall–Kier alpha value is -2.54. The summed E-state index contributed by atoms with van der Waals surface area (Å²) in [4.78, 5) is 14.8. The van der Waals surface area contributed by atoms with Crippen molar-refractivity contribution in [1.29, 1.82) is 0 Å². The number of ether oxygens (including phenoxy) is 2. The van der Waals surface area contributed by atoms with E-state index in [1.165, 1.54) is 4.90 Å². The number of sulfone groups is 1. The van der Waals surface area contributed by atoms with Gasteiger partial charge in [0.25, 0.3) is 0 Å². The molecule has 2 heterocycles. The van der Waals surface area contributed by atoms with E-state index in [1.54, 1.807) is 56.6 Å². The van der Waals surface area contributed by atoms with Crippen LogP contribution in [0.5, 0.6) is 11.5 Å². The first-order valence-electron chi connectivity index (χ1n) is 9.12. The SMILES string of the molecule is COc1ccc2c(c1)C1CC(C)(O2)N(C)C(=O)C1S(=O)(=O)c1ccc(C)cc1. The number of nitrogens with zero attached hydrogens (tertiary/aromatic N) is 1. The van der Waals surface area contributed by atoms with Gasteiger partial charge in [0.15, 0.2) is 20.8 Å². The van der Waals surface area contributed by atoms with E-state index >= 15 is 0 Å². The summed E-state index contributed by atoms with van der Waals surface area (Å²) < 4.78 is 38.4. The number of benzene rings is 2. The quantitative estimate of drug-likeness (QED) is 0.791. The van der Waals surface area contributed by atoms with Crippen molar-refractivity contribution in [2.45, 2.75) is 42.1 Å². The highest BCUT2D eigenvalue weighted by Crippen LogP contribution is 2.50. The highest BCUT2D eigenvalue weighted by molar-refractivity contribution is 7.92. The van der Waals surface area contributed by atoms with Crippen LogP contribution in [0.1, 0.15) is 30.4 Å². The summed E-state index contributed by atoms with van der Waals surface area (Å²) in [5.41, 5.74) is 0.765. The fraction of sp³-hybridized carbons (Fsp3) is 0.381. The number of carbonyl (C=O) groups excluding carboxylic acids is 1. The lowest BCUT2D eigenvalue weighted by Gasteiger charge is -2.51. The van der Waals surface area contributed by atoms with Crippen LogP contribution in [0.2, 0.25) is 0 Å². The van der Waals surface area contributed by atoms with Gasteiger partial charge in [0.1, 0.15) is 11.5 Å². The number of methoxy groups -OCH3 is 1. The lowest BCUT2D eigenvalue weighted by Crippen LogP contribution is -2.64. The van der Waals surface area contributed by atoms with E-state index in [9.17, 15) is 13.2 Å². The average Bonchev–Trinajstić information content (AvgIpc) is 2.66. The normalized spacial score (nSPS) is 26.4. The number of hydrogen-bond acceptors (Lipinski definition) is 5. The zero-order valence-electron chi connectivity index (χ0n) is 16.3. The second-order valence-electron chi connectivity index (χ2n) is 7.67. The topological polar surface area (TPSA) is 72.9 Å². The minimum absolute atomic E-state index is 0.157. The zero-order chi connectivity index (χ0) is 20.3. The average molecular weight is 401 g/mol. The fourth-order valence-electron chi connectivity index (χ4n) is 4.13. The minimum atomic E-state index is -3.89. The van der Waals surface area contributed by atoms with E-state index in [0.29, 0.717) is 23.5 Å². The molecule has 1 fully saturated rings. The number of amides is 1. The van der Waals surface area contributed by atoms with Crippen molar-refractivity contribution in [2.24, 2.45) is 0 Å². The van der Waals surface area contributed by atoms with E-state index in [1.807, 2.05) is 13.8 Å². The third-order valence-electron chi connectivity index (χ3n) is 5.88. The molecular weight excluding hydrogens is 378 g/mol. The van der Waals surface area contributed by atoms with E-state index in [2.05, 4.69) is 0 Å². The summed E-state index contributed by atoms with van der Waals surface area (Å²) in [5.74, 6) is 0.221. The lowest BCUT2D eigenvalue weighted by molar-refractivity contribution is -0.159. The van der Waals surface area contributed by atoms with E-state index in [-0.39, 0.29) is 4.90 Å². The molecule has 7 heteroatoms. The summed E-state index contributed by atoms with van der Waals surface area (Å²) in [6, 6.07) is 11.9. The van der Waals surface area contributed by atoms with Crippen molar-refractivity contribution in [2.75, 3.05) is 14.2 Å². The minimum Gasteiger partial charge on any atom is -0.497 e. The second-order valence-corrected chi connectivity index (χ2v) is 9.74. The van der Waals surface area contributed by atoms with Gasteiger partial charge in [0, 0.05) is 24.9 Å². The molecule has 0 N–H and O–H groups in total. The number of likely N-dealkylation sites (tertiary alicyclic amines) is 1. The van der Waals surface area contributed by atoms with Gasteiger partial charge in [-0.25, -0.2) is 8.42 Å². The molecule has 148 valence electrons. The van der Waals surface area contributed by atoms with E-state index < -0.39 is 32.6 Å².